The number of hydrogen-bond donors (Lipinski definition) is 4. The molecule has 0 aromatic heterocycles. The van der Waals surface area contributed by atoms with Gasteiger partial charge >= 0.3 is 0 Å². The Morgan fingerprint density at radius 3 is 0.833 bits per heavy atom. The summed E-state index contributed by atoms with van der Waals surface area (Å²) >= 11 is 12.9. The van der Waals surface area contributed by atoms with Crippen molar-refractivity contribution in [3.8, 4) is 23.0 Å². The van der Waals surface area contributed by atoms with Gasteiger partial charge in [-0.1, -0.05) is 58.6 Å². The monoisotopic (exact) mass is 520 g/mol. The van der Waals surface area contributed by atoms with Crippen LogP contribution >= 0.6 is 23.2 Å². The fourth-order valence-corrected chi connectivity index (χ4v) is 5.73. The van der Waals surface area contributed by atoms with E-state index >= 15 is 0 Å². The van der Waals surface area contributed by atoms with E-state index in [0.717, 1.165) is 11.1 Å². The molecular weight excluding hydrogens is 495 g/mol. The summed E-state index contributed by atoms with van der Waals surface area (Å²) in [5.41, 5.74) is 6.77. The lowest BCUT2D eigenvalue weighted by Gasteiger charge is -2.18. The highest BCUT2D eigenvalue weighted by molar-refractivity contribution is 6.31. The van der Waals surface area contributed by atoms with Crippen molar-refractivity contribution in [2.45, 2.75) is 39.5 Å². The van der Waals surface area contributed by atoms with Gasteiger partial charge in [0.25, 0.3) is 0 Å². The van der Waals surface area contributed by atoms with Crippen molar-refractivity contribution in [1.29, 1.82) is 0 Å². The first-order valence-electron chi connectivity index (χ1n) is 11.7. The first kappa shape index (κ1) is 24.4. The lowest BCUT2D eigenvalue weighted by atomic mass is 9.90. The molecular formula is C30H26Cl2O4. The highest BCUT2D eigenvalue weighted by atomic mass is 35.5. The molecule has 36 heavy (non-hydrogen) atoms. The minimum absolute atomic E-state index is 0.0889. The second-order valence-corrected chi connectivity index (χ2v) is 10.6. The standard InChI is InChI=1S/C30H26Cl2O4/c1-15-3-17-7-21-11-25(31)13-23(29(21)35)9-19-5-16(2)6-20(28(19)34)10-24-14-26(32)12-22(30(24)36)8-18(4-15)27(17)33/h3-6,11-14,33-36H,7-10H2,1-2H3. The Kier molecular flexibility index (Phi) is 6.27. The van der Waals surface area contributed by atoms with Crippen LogP contribution < -0.4 is 0 Å². The van der Waals surface area contributed by atoms with E-state index in [4.69, 9.17) is 23.2 Å². The van der Waals surface area contributed by atoms with Gasteiger partial charge in [-0.25, -0.2) is 0 Å². The second-order valence-electron chi connectivity index (χ2n) is 9.72. The quantitative estimate of drug-likeness (QED) is 0.175. The van der Waals surface area contributed by atoms with E-state index in [1.807, 2.05) is 38.1 Å². The maximum atomic E-state index is 11.2. The number of halogens is 2. The van der Waals surface area contributed by atoms with Gasteiger partial charge < -0.3 is 20.4 Å². The van der Waals surface area contributed by atoms with Crippen molar-refractivity contribution in [2.75, 3.05) is 0 Å². The highest BCUT2D eigenvalue weighted by Crippen LogP contribution is 2.39. The molecule has 0 saturated carbocycles. The first-order valence-corrected chi connectivity index (χ1v) is 12.5. The fourth-order valence-electron chi connectivity index (χ4n) is 5.20. The molecule has 184 valence electrons. The van der Waals surface area contributed by atoms with Crippen molar-refractivity contribution in [1.82, 2.24) is 0 Å². The summed E-state index contributed by atoms with van der Waals surface area (Å²) in [6, 6.07) is 14.3. The van der Waals surface area contributed by atoms with Crippen LogP contribution in [0.25, 0.3) is 0 Å². The molecule has 1 aliphatic rings. The largest absolute Gasteiger partial charge is 0.507 e. The lowest BCUT2D eigenvalue weighted by molar-refractivity contribution is 0.450. The molecule has 6 heteroatoms. The van der Waals surface area contributed by atoms with Gasteiger partial charge in [0, 0.05) is 58.0 Å². The van der Waals surface area contributed by atoms with Crippen LogP contribution in [-0.4, -0.2) is 20.4 Å². The summed E-state index contributed by atoms with van der Waals surface area (Å²) in [4.78, 5) is 0. The third kappa shape index (κ3) is 4.59. The number of hydrogen-bond acceptors (Lipinski definition) is 4. The Morgan fingerprint density at radius 1 is 0.417 bits per heavy atom. The van der Waals surface area contributed by atoms with Crippen molar-refractivity contribution in [2.24, 2.45) is 0 Å². The van der Waals surface area contributed by atoms with Crippen molar-refractivity contribution < 1.29 is 20.4 Å². The first-order chi connectivity index (χ1) is 17.1. The molecule has 4 aromatic carbocycles. The minimum Gasteiger partial charge on any atom is -0.507 e. The number of phenolic OH excluding ortho intramolecular Hbond substituents is 4. The van der Waals surface area contributed by atoms with Gasteiger partial charge in [-0.05, 0) is 60.4 Å². The number of phenols is 4. The number of aromatic hydroxyl groups is 4. The molecule has 1 aliphatic carbocycles. The molecule has 0 amide bonds. The van der Waals surface area contributed by atoms with Crippen LogP contribution in [0.5, 0.6) is 23.0 Å². The van der Waals surface area contributed by atoms with E-state index in [1.165, 1.54) is 0 Å². The van der Waals surface area contributed by atoms with E-state index in [2.05, 4.69) is 0 Å². The van der Waals surface area contributed by atoms with Crippen molar-refractivity contribution >= 4 is 23.2 Å². The maximum absolute atomic E-state index is 11.2. The van der Waals surface area contributed by atoms with Crippen molar-refractivity contribution in [3.63, 3.8) is 0 Å². The number of aryl methyl sites for hydroxylation is 2. The summed E-state index contributed by atoms with van der Waals surface area (Å²) in [6.45, 7) is 3.88. The molecule has 4 N–H and O–H groups in total. The van der Waals surface area contributed by atoms with Crippen LogP contribution in [0, 0.1) is 13.8 Å². The third-order valence-corrected chi connectivity index (χ3v) is 7.25. The maximum Gasteiger partial charge on any atom is 0.122 e. The number of fused-ring (bicyclic) bond motifs is 8. The predicted molar refractivity (Wildman–Crippen MR) is 143 cm³/mol. The fraction of sp³-hybridized carbons (Fsp3) is 0.200. The van der Waals surface area contributed by atoms with E-state index < -0.39 is 0 Å². The SMILES string of the molecule is Cc1cc2c(O)c(c1)Cc1cc(Cl)cc(c1O)Cc1cc(C)cc(c1O)Cc1cc(Cl)cc(c1O)C2. The van der Waals surface area contributed by atoms with Crippen LogP contribution in [-0.2, 0) is 25.7 Å². The molecule has 4 aromatic rings. The molecule has 0 unspecified atom stereocenters. The van der Waals surface area contributed by atoms with Crippen molar-refractivity contribution in [3.05, 3.63) is 114 Å². The Balaban J connectivity index is 1.78. The minimum atomic E-state index is 0.0889. The Morgan fingerprint density at radius 2 is 0.611 bits per heavy atom. The summed E-state index contributed by atoms with van der Waals surface area (Å²) in [7, 11) is 0. The zero-order valence-electron chi connectivity index (χ0n) is 20.0. The second kappa shape index (κ2) is 9.27. The van der Waals surface area contributed by atoms with Crippen LogP contribution in [0.3, 0.4) is 0 Å². The summed E-state index contributed by atoms with van der Waals surface area (Å²) in [6.07, 6.45) is 1.05. The van der Waals surface area contributed by atoms with E-state index in [0.29, 0.717) is 54.6 Å². The number of rotatable bonds is 0. The summed E-state index contributed by atoms with van der Waals surface area (Å²) < 4.78 is 0. The zero-order valence-corrected chi connectivity index (χ0v) is 21.5. The highest BCUT2D eigenvalue weighted by Gasteiger charge is 2.20. The lowest BCUT2D eigenvalue weighted by Crippen LogP contribution is -2.02. The third-order valence-electron chi connectivity index (χ3n) is 6.81. The van der Waals surface area contributed by atoms with Gasteiger partial charge in [0.1, 0.15) is 23.0 Å². The molecule has 0 heterocycles. The van der Waals surface area contributed by atoms with Crippen LogP contribution in [0.2, 0.25) is 10.0 Å². The molecule has 8 bridgehead atoms. The van der Waals surface area contributed by atoms with Crippen LogP contribution in [0.15, 0.2) is 48.5 Å². The van der Waals surface area contributed by atoms with Gasteiger partial charge in [-0.15, -0.1) is 0 Å². The average molecular weight is 521 g/mol. The Labute approximate surface area is 220 Å². The molecule has 0 radical (unpaired) electrons. The smallest absolute Gasteiger partial charge is 0.122 e. The average Bonchev–Trinajstić information content (AvgIpc) is 2.80. The topological polar surface area (TPSA) is 80.9 Å². The molecule has 4 nitrogen and oxygen atoms in total. The molecule has 0 spiro atoms. The van der Waals surface area contributed by atoms with E-state index in [1.54, 1.807) is 24.3 Å². The molecule has 0 saturated heterocycles. The van der Waals surface area contributed by atoms with Gasteiger partial charge in [-0.3, -0.25) is 0 Å². The zero-order chi connectivity index (χ0) is 25.7. The van der Waals surface area contributed by atoms with Crippen LogP contribution in [0.4, 0.5) is 0 Å². The Bertz CT molecular complexity index is 1200. The molecule has 0 atom stereocenters. The van der Waals surface area contributed by atoms with Gasteiger partial charge in [0.05, 0.1) is 0 Å². The van der Waals surface area contributed by atoms with E-state index in [9.17, 15) is 20.4 Å². The normalized spacial score (nSPS) is 13.0. The molecule has 0 aliphatic heterocycles. The van der Waals surface area contributed by atoms with Gasteiger partial charge in [-0.2, -0.15) is 0 Å². The summed E-state index contributed by atoms with van der Waals surface area (Å²) in [5, 5.41) is 45.6. The predicted octanol–water partition coefficient (Wildman–Crippen LogP) is 7.11. The molecule has 5 rings (SSSR count). The Hall–Kier alpha value is -3.34. The molecule has 0 fully saturated rings. The van der Waals surface area contributed by atoms with E-state index in [-0.39, 0.29) is 48.7 Å². The van der Waals surface area contributed by atoms with Crippen LogP contribution in [0.1, 0.15) is 55.6 Å². The van der Waals surface area contributed by atoms with Gasteiger partial charge in [0.15, 0.2) is 0 Å². The van der Waals surface area contributed by atoms with Gasteiger partial charge in [0.2, 0.25) is 0 Å². The number of benzene rings is 4. The summed E-state index contributed by atoms with van der Waals surface area (Å²) in [5.74, 6) is 0.387.